The standard InChI is InChI=1S/C59H106N2O20/c1-4-6-8-10-12-14-16-18-19-21-23-25-27-29-31-33-46(69)61-40(41(66)32-30-28-26-24-22-20-17-15-13-11-9-7-5-2)38-75-56-51(73)50(72)52(45(37-64)77-56)78-57-55-54(49(71)44(36-63)76-57)81-59(58(74)79-55)34-42(67)47(60-39(3)65)53(80-59)48(70)43(68)35-62/h30,32,40-45,47-57,62-64,66-68,70-73H,4-29,31,33-38H2,1-3H3,(H,60,65)(H,61,69)/b32-30+/t40-,41+,42-,43+,44+,45+,47+,48+,49-,50+,51+,52+,53+,54-,55+,56+,57+,59-/m0/s1. The van der Waals surface area contributed by atoms with Crippen molar-refractivity contribution in [2.24, 2.45) is 0 Å². The first kappa shape index (κ1) is 71.0. The van der Waals surface area contributed by atoms with E-state index < -0.39 is 148 Å². The number of aliphatic hydroxyl groups excluding tert-OH is 10. The fourth-order valence-corrected chi connectivity index (χ4v) is 11.3. The number of esters is 1. The Bertz CT molecular complexity index is 1750. The van der Waals surface area contributed by atoms with E-state index in [9.17, 15) is 65.4 Å². The van der Waals surface area contributed by atoms with E-state index in [1.807, 2.05) is 6.08 Å². The molecule has 0 aromatic heterocycles. The summed E-state index contributed by atoms with van der Waals surface area (Å²) < 4.78 is 41.4. The van der Waals surface area contributed by atoms with Crippen LogP contribution < -0.4 is 10.6 Å². The van der Waals surface area contributed by atoms with Gasteiger partial charge in [0.1, 0.15) is 61.0 Å². The van der Waals surface area contributed by atoms with Crippen molar-refractivity contribution in [2.45, 2.75) is 317 Å². The quantitative estimate of drug-likeness (QED) is 0.0236. The molecule has 4 heterocycles. The van der Waals surface area contributed by atoms with Crippen molar-refractivity contribution in [1.82, 2.24) is 10.6 Å². The molecule has 12 N–H and O–H groups in total. The van der Waals surface area contributed by atoms with E-state index in [2.05, 4.69) is 24.5 Å². The number of nitrogens with one attached hydrogen (secondary N) is 2. The van der Waals surface area contributed by atoms with Gasteiger partial charge in [-0.15, -0.1) is 0 Å². The second-order valence-corrected chi connectivity index (χ2v) is 23.0. The summed E-state index contributed by atoms with van der Waals surface area (Å²) in [6.45, 7) is 2.50. The largest absolute Gasteiger partial charge is 0.450 e. The smallest absolute Gasteiger partial charge is 0.367 e. The highest BCUT2D eigenvalue weighted by atomic mass is 16.8. The van der Waals surface area contributed by atoms with Gasteiger partial charge in [-0.05, 0) is 19.3 Å². The number of rotatable bonds is 42. The summed E-state index contributed by atoms with van der Waals surface area (Å²) >= 11 is 0. The molecule has 81 heavy (non-hydrogen) atoms. The molecular weight excluding hydrogens is 1060 g/mol. The topological polar surface area (TPSA) is 342 Å². The molecule has 4 saturated heterocycles. The maximum atomic E-state index is 13.9. The zero-order valence-corrected chi connectivity index (χ0v) is 48.9. The maximum Gasteiger partial charge on any atom is 0.367 e. The summed E-state index contributed by atoms with van der Waals surface area (Å²) in [6, 6.07) is -2.43. The lowest BCUT2D eigenvalue weighted by molar-refractivity contribution is -0.408. The fourth-order valence-electron chi connectivity index (χ4n) is 11.3. The molecule has 1 spiro atoms. The Kier molecular flexibility index (Phi) is 34.4. The van der Waals surface area contributed by atoms with Gasteiger partial charge in [-0.3, -0.25) is 9.59 Å². The summed E-state index contributed by atoms with van der Waals surface area (Å²) in [6.07, 6.45) is 9.06. The number of hydrogen-bond donors (Lipinski definition) is 12. The Balaban J connectivity index is 1.36. The van der Waals surface area contributed by atoms with E-state index in [4.69, 9.17) is 33.2 Å². The molecule has 0 radical (unpaired) electrons. The number of amides is 2. The molecule has 4 aliphatic rings. The van der Waals surface area contributed by atoms with E-state index in [1.165, 1.54) is 122 Å². The van der Waals surface area contributed by atoms with Crippen LogP contribution >= 0.6 is 0 Å². The van der Waals surface area contributed by atoms with Crippen molar-refractivity contribution in [1.29, 1.82) is 0 Å². The predicted molar refractivity (Wildman–Crippen MR) is 298 cm³/mol. The fraction of sp³-hybridized carbons (Fsp3) is 0.915. The van der Waals surface area contributed by atoms with Gasteiger partial charge in [0.15, 0.2) is 18.7 Å². The van der Waals surface area contributed by atoms with Crippen LogP contribution in [0.3, 0.4) is 0 Å². The van der Waals surface area contributed by atoms with Crippen molar-refractivity contribution in [2.75, 3.05) is 26.4 Å². The summed E-state index contributed by atoms with van der Waals surface area (Å²) in [7, 11) is 0. The van der Waals surface area contributed by atoms with Gasteiger partial charge in [0.2, 0.25) is 11.8 Å². The molecular formula is C59H106N2O20. The molecule has 0 aromatic carbocycles. The van der Waals surface area contributed by atoms with Gasteiger partial charge in [0.05, 0.1) is 50.7 Å². The third-order valence-corrected chi connectivity index (χ3v) is 16.2. The van der Waals surface area contributed by atoms with Crippen LogP contribution in [0.2, 0.25) is 0 Å². The number of carbonyl (C=O) groups is 3. The Morgan fingerprint density at radius 2 is 1.19 bits per heavy atom. The van der Waals surface area contributed by atoms with Gasteiger partial charge in [0.25, 0.3) is 5.79 Å². The lowest BCUT2D eigenvalue weighted by atomic mass is 9.87. The van der Waals surface area contributed by atoms with Gasteiger partial charge >= 0.3 is 5.97 Å². The molecule has 472 valence electrons. The number of hydrogen-bond acceptors (Lipinski definition) is 20. The molecule has 18 atom stereocenters. The SMILES string of the molecule is CCCCCCCCCCCCC/C=C/[C@@H](O)[C@H](CO[C@@H]1O[C@H](CO)[C@@H](O[C@H]2O[C@H](CO)[C@H](O)[C@@H]3O[C@@]4(C[C@H](O)[C@@H](NC(C)=O)[C@H]([C@H](O)[C@H](O)CO)O4)C(=O)O[C@@H]23)[C@H](O)[C@H]1O)NC(=O)CCCCCCCCCCCCCCCCC. The van der Waals surface area contributed by atoms with Crippen molar-refractivity contribution >= 4 is 17.8 Å². The summed E-state index contributed by atoms with van der Waals surface area (Å²) in [5.74, 6) is -4.93. The zero-order valence-electron chi connectivity index (χ0n) is 48.9. The van der Waals surface area contributed by atoms with E-state index >= 15 is 0 Å². The molecule has 0 unspecified atom stereocenters. The highest BCUT2D eigenvalue weighted by Crippen LogP contribution is 2.43. The Hall–Kier alpha value is -2.49. The van der Waals surface area contributed by atoms with Crippen molar-refractivity contribution in [3.63, 3.8) is 0 Å². The monoisotopic (exact) mass is 1160 g/mol. The molecule has 2 amide bonds. The zero-order chi connectivity index (χ0) is 59.2. The average Bonchev–Trinajstić information content (AvgIpc) is 3.62. The average molecular weight is 1160 g/mol. The van der Waals surface area contributed by atoms with Crippen molar-refractivity contribution in [3.05, 3.63) is 12.2 Å². The van der Waals surface area contributed by atoms with Crippen LogP contribution in [0.15, 0.2) is 12.2 Å². The number of fused-ring (bicyclic) bond motifs is 1. The molecule has 0 bridgehead atoms. The number of allylic oxidation sites excluding steroid dienone is 1. The van der Waals surface area contributed by atoms with Crippen LogP contribution in [0.1, 0.15) is 207 Å². The molecule has 4 fully saturated rings. The molecule has 22 heteroatoms. The summed E-state index contributed by atoms with van der Waals surface area (Å²) in [5.41, 5.74) is 0. The second-order valence-electron chi connectivity index (χ2n) is 23.0. The highest BCUT2D eigenvalue weighted by molar-refractivity contribution is 5.79. The Labute approximate surface area is 481 Å². The van der Waals surface area contributed by atoms with E-state index in [1.54, 1.807) is 6.08 Å². The molecule has 4 aliphatic heterocycles. The van der Waals surface area contributed by atoms with Crippen LogP contribution in [0, 0.1) is 0 Å². The second kappa shape index (κ2) is 39.3. The first-order valence-electron chi connectivity index (χ1n) is 31.0. The molecule has 0 aromatic rings. The van der Waals surface area contributed by atoms with E-state index in [-0.39, 0.29) is 18.9 Å². The van der Waals surface area contributed by atoms with Gasteiger partial charge in [-0.1, -0.05) is 180 Å². The van der Waals surface area contributed by atoms with Crippen LogP contribution in [-0.2, 0) is 47.5 Å². The summed E-state index contributed by atoms with van der Waals surface area (Å²) in [5, 5.41) is 114. The number of aliphatic hydroxyl groups is 10. The van der Waals surface area contributed by atoms with Crippen LogP contribution in [0.4, 0.5) is 0 Å². The van der Waals surface area contributed by atoms with Crippen molar-refractivity contribution in [3.8, 4) is 0 Å². The normalized spacial score (nSPS) is 31.1. The minimum Gasteiger partial charge on any atom is -0.450 e. The van der Waals surface area contributed by atoms with E-state index in [0.29, 0.717) is 6.42 Å². The van der Waals surface area contributed by atoms with Crippen LogP contribution in [0.25, 0.3) is 0 Å². The minimum atomic E-state index is -2.61. The molecule has 4 rings (SSSR count). The number of unbranched alkanes of at least 4 members (excludes halogenated alkanes) is 25. The summed E-state index contributed by atoms with van der Waals surface area (Å²) in [4.78, 5) is 39.4. The van der Waals surface area contributed by atoms with Gasteiger partial charge in [-0.2, -0.15) is 0 Å². The number of ether oxygens (including phenoxy) is 7. The van der Waals surface area contributed by atoms with E-state index in [0.717, 1.165) is 51.9 Å². The lowest BCUT2D eigenvalue weighted by Gasteiger charge is -2.54. The first-order valence-corrected chi connectivity index (χ1v) is 31.0. The Morgan fingerprint density at radius 3 is 1.70 bits per heavy atom. The van der Waals surface area contributed by atoms with Gasteiger partial charge < -0.3 is 94.9 Å². The van der Waals surface area contributed by atoms with Gasteiger partial charge in [0, 0.05) is 19.8 Å². The Morgan fingerprint density at radius 1 is 0.667 bits per heavy atom. The van der Waals surface area contributed by atoms with Gasteiger partial charge in [-0.25, -0.2) is 4.79 Å². The lowest BCUT2D eigenvalue weighted by Crippen LogP contribution is -2.74. The predicted octanol–water partition coefficient (Wildman–Crippen LogP) is 3.65. The third kappa shape index (κ3) is 23.4. The third-order valence-electron chi connectivity index (χ3n) is 16.2. The first-order chi connectivity index (χ1) is 39.1. The van der Waals surface area contributed by atoms with Crippen molar-refractivity contribution < 1.29 is 98.6 Å². The maximum absolute atomic E-state index is 13.9. The van der Waals surface area contributed by atoms with Crippen LogP contribution in [0.5, 0.6) is 0 Å². The molecule has 0 saturated carbocycles. The molecule has 0 aliphatic carbocycles. The van der Waals surface area contributed by atoms with Crippen LogP contribution in [-0.4, -0.2) is 205 Å². The highest BCUT2D eigenvalue weighted by Gasteiger charge is 2.65. The minimum absolute atomic E-state index is 0.226. The number of carbonyl (C=O) groups excluding carboxylic acids is 3. The molecule has 22 nitrogen and oxygen atoms in total.